The summed E-state index contributed by atoms with van der Waals surface area (Å²) >= 11 is 0. The molecule has 1 aliphatic heterocycles. The molecule has 0 aromatic heterocycles. The maximum atomic E-state index is 11.7. The predicted molar refractivity (Wildman–Crippen MR) is 70.8 cm³/mol. The molecule has 102 valence electrons. The molecule has 19 heavy (non-hydrogen) atoms. The maximum absolute atomic E-state index is 11.7. The van der Waals surface area contributed by atoms with Crippen molar-refractivity contribution in [2.24, 2.45) is 0 Å². The third kappa shape index (κ3) is 2.89. The molecule has 0 saturated carbocycles. The fraction of sp³-hybridized carbons (Fsp3) is 0.400. The van der Waals surface area contributed by atoms with Gasteiger partial charge in [0, 0.05) is 6.42 Å². The molecule has 0 bridgehead atoms. The molecule has 0 saturated heterocycles. The highest BCUT2D eigenvalue weighted by Crippen LogP contribution is 2.36. The van der Waals surface area contributed by atoms with Gasteiger partial charge in [0.05, 0.1) is 19.8 Å². The number of hydrogen-bond acceptors (Lipinski definition) is 4. The molecule has 1 atom stereocenters. The van der Waals surface area contributed by atoms with E-state index >= 15 is 0 Å². The largest absolute Gasteiger partial charge is 0.498 e. The van der Waals surface area contributed by atoms with Crippen LogP contribution in [0.5, 0.6) is 5.75 Å². The monoisotopic (exact) mass is 262 g/mol. The van der Waals surface area contributed by atoms with E-state index in [4.69, 9.17) is 14.2 Å². The second-order valence-electron chi connectivity index (χ2n) is 4.60. The molecule has 1 unspecified atom stereocenters. The Bertz CT molecular complexity index is 489. The number of benzene rings is 1. The summed E-state index contributed by atoms with van der Waals surface area (Å²) < 4.78 is 16.1. The van der Waals surface area contributed by atoms with Crippen molar-refractivity contribution in [2.75, 3.05) is 13.7 Å². The fourth-order valence-electron chi connectivity index (χ4n) is 2.19. The van der Waals surface area contributed by atoms with Crippen molar-refractivity contribution in [3.05, 3.63) is 41.7 Å². The Morgan fingerprint density at radius 1 is 1.32 bits per heavy atom. The van der Waals surface area contributed by atoms with Gasteiger partial charge in [-0.1, -0.05) is 12.1 Å². The molecule has 1 heterocycles. The summed E-state index contributed by atoms with van der Waals surface area (Å²) in [7, 11) is 1.62. The maximum Gasteiger partial charge on any atom is 0.335 e. The third-order valence-corrected chi connectivity index (χ3v) is 3.15. The first-order valence-corrected chi connectivity index (χ1v) is 6.28. The number of esters is 1. The van der Waals surface area contributed by atoms with E-state index in [1.807, 2.05) is 38.1 Å². The molecule has 1 aliphatic rings. The first kappa shape index (κ1) is 13.5. The van der Waals surface area contributed by atoms with Gasteiger partial charge in [0.15, 0.2) is 0 Å². The highest BCUT2D eigenvalue weighted by Gasteiger charge is 2.36. The smallest absolute Gasteiger partial charge is 0.335 e. The standard InChI is InChI=1S/C15H18O4/c1-4-18-13-9-14(16)19-15(2,10-13)11-5-7-12(17-3)8-6-11/h5-9H,4,10H2,1-3H3. The molecular weight excluding hydrogens is 244 g/mol. The summed E-state index contributed by atoms with van der Waals surface area (Å²) in [5, 5.41) is 0. The summed E-state index contributed by atoms with van der Waals surface area (Å²) in [6.07, 6.45) is 1.95. The molecule has 4 nitrogen and oxygen atoms in total. The quantitative estimate of drug-likeness (QED) is 0.783. The molecule has 0 aliphatic carbocycles. The van der Waals surface area contributed by atoms with Gasteiger partial charge in [0.1, 0.15) is 17.1 Å². The zero-order chi connectivity index (χ0) is 13.9. The van der Waals surface area contributed by atoms with Crippen LogP contribution in [-0.4, -0.2) is 19.7 Å². The number of carbonyl (C=O) groups excluding carboxylic acids is 1. The molecule has 2 rings (SSSR count). The number of ether oxygens (including phenoxy) is 3. The van der Waals surface area contributed by atoms with Crippen LogP contribution in [0.15, 0.2) is 36.1 Å². The molecule has 0 N–H and O–H groups in total. The first-order chi connectivity index (χ1) is 9.07. The van der Waals surface area contributed by atoms with E-state index in [0.29, 0.717) is 18.8 Å². The lowest BCUT2D eigenvalue weighted by Crippen LogP contribution is -2.33. The van der Waals surface area contributed by atoms with E-state index in [1.54, 1.807) is 7.11 Å². The Morgan fingerprint density at radius 2 is 2.00 bits per heavy atom. The van der Waals surface area contributed by atoms with E-state index in [2.05, 4.69) is 0 Å². The summed E-state index contributed by atoms with van der Waals surface area (Å²) in [4.78, 5) is 11.7. The minimum absolute atomic E-state index is 0.368. The SMILES string of the molecule is CCOC1=CC(=O)OC(C)(c2ccc(OC)cc2)C1. The highest BCUT2D eigenvalue weighted by molar-refractivity contribution is 5.84. The van der Waals surface area contributed by atoms with Crippen LogP contribution < -0.4 is 4.74 Å². The second-order valence-corrected chi connectivity index (χ2v) is 4.60. The minimum Gasteiger partial charge on any atom is -0.498 e. The number of rotatable bonds is 4. The molecular formula is C15H18O4. The van der Waals surface area contributed by atoms with Crippen molar-refractivity contribution in [1.29, 1.82) is 0 Å². The second kappa shape index (κ2) is 5.34. The number of cyclic esters (lactones) is 1. The van der Waals surface area contributed by atoms with E-state index in [0.717, 1.165) is 11.3 Å². The van der Waals surface area contributed by atoms with Crippen molar-refractivity contribution < 1.29 is 19.0 Å². The zero-order valence-corrected chi connectivity index (χ0v) is 11.4. The van der Waals surface area contributed by atoms with Gasteiger partial charge in [-0.15, -0.1) is 0 Å². The molecule has 0 fully saturated rings. The van der Waals surface area contributed by atoms with Crippen LogP contribution in [0.3, 0.4) is 0 Å². The molecule has 0 amide bonds. The fourth-order valence-corrected chi connectivity index (χ4v) is 2.19. The van der Waals surface area contributed by atoms with Crippen LogP contribution in [0.1, 0.15) is 25.8 Å². The van der Waals surface area contributed by atoms with Gasteiger partial charge in [-0.2, -0.15) is 0 Å². The van der Waals surface area contributed by atoms with Gasteiger partial charge in [-0.25, -0.2) is 4.79 Å². The molecule has 1 aromatic carbocycles. The number of methoxy groups -OCH3 is 1. The molecule has 1 aromatic rings. The van der Waals surface area contributed by atoms with Gasteiger partial charge < -0.3 is 14.2 Å². The van der Waals surface area contributed by atoms with E-state index in [-0.39, 0.29) is 5.97 Å². The normalized spacial score (nSPS) is 22.5. The van der Waals surface area contributed by atoms with Crippen LogP contribution in [0.4, 0.5) is 0 Å². The van der Waals surface area contributed by atoms with Gasteiger partial charge in [0.25, 0.3) is 0 Å². The summed E-state index contributed by atoms with van der Waals surface area (Å²) in [5.74, 6) is 1.07. The average Bonchev–Trinajstić information content (AvgIpc) is 2.38. The Kier molecular flexibility index (Phi) is 3.79. The predicted octanol–water partition coefficient (Wildman–Crippen LogP) is 2.78. The summed E-state index contributed by atoms with van der Waals surface area (Å²) in [6.45, 7) is 4.32. The molecule has 0 spiro atoms. The Labute approximate surface area is 113 Å². The molecule has 0 radical (unpaired) electrons. The van der Waals surface area contributed by atoms with Gasteiger partial charge >= 0.3 is 5.97 Å². The van der Waals surface area contributed by atoms with E-state index in [9.17, 15) is 4.79 Å². The Hall–Kier alpha value is -1.97. The lowest BCUT2D eigenvalue weighted by Gasteiger charge is -2.33. The first-order valence-electron chi connectivity index (χ1n) is 6.28. The zero-order valence-electron chi connectivity index (χ0n) is 11.4. The van der Waals surface area contributed by atoms with Crippen molar-refractivity contribution >= 4 is 5.97 Å². The lowest BCUT2D eigenvalue weighted by molar-refractivity contribution is -0.156. The number of carbonyl (C=O) groups is 1. The Balaban J connectivity index is 2.26. The van der Waals surface area contributed by atoms with Crippen molar-refractivity contribution in [2.45, 2.75) is 25.9 Å². The molecule has 4 heteroatoms. The third-order valence-electron chi connectivity index (χ3n) is 3.15. The van der Waals surface area contributed by atoms with Gasteiger partial charge in [-0.3, -0.25) is 0 Å². The van der Waals surface area contributed by atoms with Crippen LogP contribution in [0.2, 0.25) is 0 Å². The Morgan fingerprint density at radius 3 is 2.58 bits per heavy atom. The van der Waals surface area contributed by atoms with E-state index in [1.165, 1.54) is 6.08 Å². The van der Waals surface area contributed by atoms with Crippen molar-refractivity contribution in [1.82, 2.24) is 0 Å². The highest BCUT2D eigenvalue weighted by atomic mass is 16.6. The van der Waals surface area contributed by atoms with Crippen LogP contribution in [0.25, 0.3) is 0 Å². The number of hydrogen-bond donors (Lipinski definition) is 0. The summed E-state index contributed by atoms with van der Waals surface area (Å²) in [6, 6.07) is 7.52. The van der Waals surface area contributed by atoms with Gasteiger partial charge in [0.2, 0.25) is 0 Å². The van der Waals surface area contributed by atoms with E-state index < -0.39 is 5.60 Å². The van der Waals surface area contributed by atoms with Crippen LogP contribution >= 0.6 is 0 Å². The summed E-state index contributed by atoms with van der Waals surface area (Å²) in [5.41, 5.74) is 0.231. The topological polar surface area (TPSA) is 44.8 Å². The van der Waals surface area contributed by atoms with Gasteiger partial charge in [-0.05, 0) is 31.5 Å². The average molecular weight is 262 g/mol. The van der Waals surface area contributed by atoms with Crippen LogP contribution in [-0.2, 0) is 19.9 Å². The van der Waals surface area contributed by atoms with Crippen molar-refractivity contribution in [3.8, 4) is 5.75 Å². The lowest BCUT2D eigenvalue weighted by atomic mass is 9.89. The van der Waals surface area contributed by atoms with Crippen LogP contribution in [0, 0.1) is 0 Å². The van der Waals surface area contributed by atoms with Crippen molar-refractivity contribution in [3.63, 3.8) is 0 Å². The minimum atomic E-state index is -0.692.